The molecule has 0 aromatic heterocycles. The van der Waals surface area contributed by atoms with Gasteiger partial charge in [0.15, 0.2) is 5.25 Å². The Morgan fingerprint density at radius 1 is 1.30 bits per heavy atom. The van der Waals surface area contributed by atoms with Crippen LogP contribution in [-0.4, -0.2) is 51.7 Å². The summed E-state index contributed by atoms with van der Waals surface area (Å²) in [6.07, 6.45) is -0.869. The lowest BCUT2D eigenvalue weighted by Crippen LogP contribution is -2.57. The summed E-state index contributed by atoms with van der Waals surface area (Å²) >= 11 is 0. The Morgan fingerprint density at radius 2 is 1.87 bits per heavy atom. The van der Waals surface area contributed by atoms with Crippen molar-refractivity contribution in [3.63, 3.8) is 0 Å². The Hall–Kier alpha value is -2.30. The lowest BCUT2D eigenvalue weighted by Gasteiger charge is -2.29. The van der Waals surface area contributed by atoms with Gasteiger partial charge in [-0.1, -0.05) is 18.2 Å². The number of likely N-dealkylation sites (tertiary alicyclic amines) is 1. The van der Waals surface area contributed by atoms with E-state index in [2.05, 4.69) is 0 Å². The number of amides is 2. The SMILES string of the molecule is CC(O)(C(=O)Oc1ccccc1)N1C(=O)CC(S(=O)(=O)O)C1=O. The second-order valence-corrected chi connectivity index (χ2v) is 6.60. The number of nitrogens with zero attached hydrogens (tertiary/aromatic N) is 1. The van der Waals surface area contributed by atoms with Crippen LogP contribution in [0, 0.1) is 0 Å². The van der Waals surface area contributed by atoms with Crippen LogP contribution in [0.4, 0.5) is 0 Å². The average molecular weight is 343 g/mol. The molecule has 0 radical (unpaired) electrons. The number of rotatable bonds is 4. The van der Waals surface area contributed by atoms with Crippen molar-refractivity contribution in [3.05, 3.63) is 30.3 Å². The summed E-state index contributed by atoms with van der Waals surface area (Å²) in [6.45, 7) is 0.820. The van der Waals surface area contributed by atoms with Crippen molar-refractivity contribution in [1.29, 1.82) is 0 Å². The van der Waals surface area contributed by atoms with Crippen LogP contribution in [0.3, 0.4) is 0 Å². The molecule has 1 aromatic rings. The van der Waals surface area contributed by atoms with Crippen LogP contribution in [0.5, 0.6) is 5.75 Å². The highest BCUT2D eigenvalue weighted by atomic mass is 32.2. The van der Waals surface area contributed by atoms with Crippen LogP contribution in [0.25, 0.3) is 0 Å². The van der Waals surface area contributed by atoms with E-state index in [1.165, 1.54) is 12.1 Å². The van der Waals surface area contributed by atoms with Crippen molar-refractivity contribution in [1.82, 2.24) is 4.90 Å². The maximum absolute atomic E-state index is 12.0. The van der Waals surface area contributed by atoms with Crippen molar-refractivity contribution in [2.45, 2.75) is 24.3 Å². The maximum Gasteiger partial charge on any atom is 0.365 e. The largest absolute Gasteiger partial charge is 0.423 e. The van der Waals surface area contributed by atoms with Crippen molar-refractivity contribution in [2.75, 3.05) is 0 Å². The number of para-hydroxylation sites is 1. The average Bonchev–Trinajstić information content (AvgIpc) is 2.75. The fraction of sp³-hybridized carbons (Fsp3) is 0.308. The normalized spacial score (nSPS) is 21.2. The van der Waals surface area contributed by atoms with Crippen LogP contribution in [-0.2, 0) is 24.5 Å². The van der Waals surface area contributed by atoms with Gasteiger partial charge in [0.2, 0.25) is 11.6 Å². The molecule has 0 saturated carbocycles. The summed E-state index contributed by atoms with van der Waals surface area (Å²) in [4.78, 5) is 35.9. The molecule has 23 heavy (non-hydrogen) atoms. The summed E-state index contributed by atoms with van der Waals surface area (Å²) in [5.74, 6) is -3.80. The van der Waals surface area contributed by atoms with Crippen LogP contribution in [0.15, 0.2) is 30.3 Å². The van der Waals surface area contributed by atoms with E-state index in [4.69, 9.17) is 9.29 Å². The second kappa shape index (κ2) is 5.72. The number of aliphatic hydroxyl groups is 1. The zero-order valence-electron chi connectivity index (χ0n) is 11.9. The molecule has 0 bridgehead atoms. The third-order valence-corrected chi connectivity index (χ3v) is 4.33. The molecule has 0 aliphatic carbocycles. The van der Waals surface area contributed by atoms with E-state index >= 15 is 0 Å². The first-order valence-corrected chi connectivity index (χ1v) is 7.88. The number of benzene rings is 1. The highest BCUT2D eigenvalue weighted by molar-refractivity contribution is 7.87. The molecule has 2 atom stereocenters. The second-order valence-electron chi connectivity index (χ2n) is 5.00. The van der Waals surface area contributed by atoms with Crippen molar-refractivity contribution < 1.29 is 37.2 Å². The summed E-state index contributed by atoms with van der Waals surface area (Å²) in [5, 5.41) is 8.15. The number of hydrogen-bond acceptors (Lipinski definition) is 7. The molecule has 1 aromatic carbocycles. The summed E-state index contributed by atoms with van der Waals surface area (Å²) < 4.78 is 36.0. The maximum atomic E-state index is 12.0. The molecule has 1 aliphatic rings. The number of carbonyl (C=O) groups is 3. The van der Waals surface area contributed by atoms with Gasteiger partial charge in [0.05, 0.1) is 6.42 Å². The van der Waals surface area contributed by atoms with Crippen LogP contribution in [0.2, 0.25) is 0 Å². The fourth-order valence-corrected chi connectivity index (χ4v) is 2.79. The number of esters is 1. The molecular weight excluding hydrogens is 330 g/mol. The van der Waals surface area contributed by atoms with E-state index in [1.807, 2.05) is 0 Å². The Bertz CT molecular complexity index is 755. The first kappa shape index (κ1) is 17.1. The van der Waals surface area contributed by atoms with Crippen molar-refractivity contribution in [3.8, 4) is 5.75 Å². The Kier molecular flexibility index (Phi) is 4.24. The van der Waals surface area contributed by atoms with Crippen molar-refractivity contribution in [2.24, 2.45) is 0 Å². The molecule has 2 rings (SSSR count). The summed E-state index contributed by atoms with van der Waals surface area (Å²) in [5.41, 5.74) is -2.72. The summed E-state index contributed by atoms with van der Waals surface area (Å²) in [6, 6.07) is 7.57. The lowest BCUT2D eigenvalue weighted by molar-refractivity contribution is -0.183. The molecule has 9 nitrogen and oxygen atoms in total. The number of hydrogen-bond donors (Lipinski definition) is 2. The molecule has 124 valence electrons. The highest BCUT2D eigenvalue weighted by Crippen LogP contribution is 2.27. The van der Waals surface area contributed by atoms with Crippen LogP contribution < -0.4 is 4.74 Å². The standard InChI is InChI=1S/C13H13NO8S/c1-13(18,12(17)22-8-5-3-2-4-6-8)14-10(15)7-9(11(14)16)23(19,20)21/h2-6,9,18H,7H2,1H3,(H,19,20,21). The van der Waals surface area contributed by atoms with Crippen LogP contribution in [0.1, 0.15) is 13.3 Å². The van der Waals surface area contributed by atoms with Gasteiger partial charge in [0.25, 0.3) is 16.0 Å². The van der Waals surface area contributed by atoms with Gasteiger partial charge in [-0.15, -0.1) is 0 Å². The van der Waals surface area contributed by atoms with Gasteiger partial charge in [-0.2, -0.15) is 8.42 Å². The van der Waals surface area contributed by atoms with Crippen LogP contribution >= 0.6 is 0 Å². The minimum absolute atomic E-state index is 0.0585. The molecule has 2 amide bonds. The topological polar surface area (TPSA) is 138 Å². The molecule has 2 N–H and O–H groups in total. The molecule has 1 aliphatic heterocycles. The molecular formula is C13H13NO8S. The minimum atomic E-state index is -4.84. The third kappa shape index (κ3) is 3.23. The monoisotopic (exact) mass is 343 g/mol. The quantitative estimate of drug-likeness (QED) is 0.317. The van der Waals surface area contributed by atoms with Crippen molar-refractivity contribution >= 4 is 27.9 Å². The Labute approximate surface area is 131 Å². The van der Waals surface area contributed by atoms with E-state index in [1.54, 1.807) is 18.2 Å². The zero-order chi connectivity index (χ0) is 17.4. The smallest absolute Gasteiger partial charge is 0.365 e. The van der Waals surface area contributed by atoms with Gasteiger partial charge in [-0.05, 0) is 19.1 Å². The zero-order valence-corrected chi connectivity index (χ0v) is 12.7. The van der Waals surface area contributed by atoms with Gasteiger partial charge >= 0.3 is 5.97 Å². The molecule has 1 saturated heterocycles. The first-order chi connectivity index (χ1) is 10.5. The number of ether oxygens (including phenoxy) is 1. The van der Waals surface area contributed by atoms with Gasteiger partial charge < -0.3 is 9.84 Å². The predicted molar refractivity (Wildman–Crippen MR) is 74.5 cm³/mol. The van der Waals surface area contributed by atoms with E-state index in [9.17, 15) is 27.9 Å². The Morgan fingerprint density at radius 3 is 2.35 bits per heavy atom. The van der Waals surface area contributed by atoms with Gasteiger partial charge in [-0.3, -0.25) is 14.1 Å². The van der Waals surface area contributed by atoms with E-state index in [0.29, 0.717) is 0 Å². The van der Waals surface area contributed by atoms with Gasteiger partial charge in [0, 0.05) is 0 Å². The molecule has 1 heterocycles. The van der Waals surface area contributed by atoms with E-state index in [-0.39, 0.29) is 10.6 Å². The molecule has 1 fully saturated rings. The molecule has 2 unspecified atom stereocenters. The fourth-order valence-electron chi connectivity index (χ4n) is 2.08. The van der Waals surface area contributed by atoms with Gasteiger partial charge in [0.1, 0.15) is 5.75 Å². The molecule has 0 spiro atoms. The number of imide groups is 1. The third-order valence-electron chi connectivity index (χ3n) is 3.24. The highest BCUT2D eigenvalue weighted by Gasteiger charge is 2.55. The minimum Gasteiger partial charge on any atom is -0.423 e. The van der Waals surface area contributed by atoms with E-state index in [0.717, 1.165) is 6.92 Å². The molecule has 10 heteroatoms. The lowest BCUT2D eigenvalue weighted by atomic mass is 10.2. The Balaban J connectivity index is 2.26. The predicted octanol–water partition coefficient (Wildman–Crippen LogP) is -0.684. The number of carbonyl (C=O) groups excluding carboxylic acids is 3. The van der Waals surface area contributed by atoms with E-state index < -0.39 is 45.3 Å². The summed E-state index contributed by atoms with van der Waals surface area (Å²) in [7, 11) is -4.84. The first-order valence-electron chi connectivity index (χ1n) is 6.38. The van der Waals surface area contributed by atoms with Gasteiger partial charge in [-0.25, -0.2) is 9.69 Å².